The van der Waals surface area contributed by atoms with Crippen LogP contribution >= 0.6 is 22.7 Å². The zero-order valence-corrected chi connectivity index (χ0v) is 36.4. The number of hydrogen-bond acceptors (Lipinski definition) is 5. The summed E-state index contributed by atoms with van der Waals surface area (Å²) in [6, 6.07) is 33.7. The second-order valence-electron chi connectivity index (χ2n) is 16.1. The summed E-state index contributed by atoms with van der Waals surface area (Å²) in [6.45, 7) is 19.5. The van der Waals surface area contributed by atoms with Crippen molar-refractivity contribution in [2.45, 2.75) is 74.8 Å². The molecule has 9 rings (SSSR count). The maximum atomic E-state index is 5.58. The average molecular weight is 783 g/mol. The molecule has 0 radical (unpaired) electrons. The molecule has 1 unspecified atom stereocenters. The van der Waals surface area contributed by atoms with E-state index in [2.05, 4.69) is 153 Å². The minimum Gasteiger partial charge on any atom is -0.381 e. The van der Waals surface area contributed by atoms with Crippen molar-refractivity contribution in [1.29, 1.82) is 0 Å². The van der Waals surface area contributed by atoms with Crippen LogP contribution in [0.1, 0.15) is 57.0 Å². The van der Waals surface area contributed by atoms with Gasteiger partial charge in [0.2, 0.25) is 0 Å². The normalized spacial score (nSPS) is 12.1. The minimum absolute atomic E-state index is 0.187. The lowest BCUT2D eigenvalue weighted by atomic mass is 9.93. The van der Waals surface area contributed by atoms with Gasteiger partial charge in [-0.25, -0.2) is 0 Å². The lowest BCUT2D eigenvalue weighted by Crippen LogP contribution is -2.10. The van der Waals surface area contributed by atoms with Gasteiger partial charge in [-0.15, -0.1) is 22.7 Å². The van der Waals surface area contributed by atoms with Crippen molar-refractivity contribution in [2.75, 3.05) is 7.11 Å². The smallest absolute Gasteiger partial charge is 0.0880 e. The molecular weight excluding hydrogens is 733 g/mol. The van der Waals surface area contributed by atoms with E-state index < -0.39 is 0 Å². The fourth-order valence-electron chi connectivity index (χ4n) is 8.55. The maximum absolute atomic E-state index is 5.58. The summed E-state index contributed by atoms with van der Waals surface area (Å²) in [5.74, 6) is 0. The predicted octanol–water partition coefficient (Wildman–Crippen LogP) is 14.9. The molecule has 4 heterocycles. The molecule has 0 bridgehead atoms. The molecule has 0 aliphatic carbocycles. The predicted molar refractivity (Wildman–Crippen MR) is 249 cm³/mol. The summed E-state index contributed by atoms with van der Waals surface area (Å²) < 4.78 is 9.48. The number of pyridine rings is 2. The molecule has 286 valence electrons. The zero-order chi connectivity index (χ0) is 40.1. The summed E-state index contributed by atoms with van der Waals surface area (Å²) in [5.41, 5.74) is 17.7. The van der Waals surface area contributed by atoms with Gasteiger partial charge in [0.25, 0.3) is 0 Å². The first-order valence-corrected chi connectivity index (χ1v) is 21.4. The molecule has 5 heteroatoms. The van der Waals surface area contributed by atoms with Crippen LogP contribution in [0.4, 0.5) is 0 Å². The molecule has 57 heavy (non-hydrogen) atoms. The lowest BCUT2D eigenvalue weighted by Gasteiger charge is -2.16. The van der Waals surface area contributed by atoms with Crippen molar-refractivity contribution in [3.8, 4) is 33.0 Å². The molecule has 0 saturated heterocycles. The van der Waals surface area contributed by atoms with E-state index in [4.69, 9.17) is 14.7 Å². The second kappa shape index (κ2) is 15.6. The third kappa shape index (κ3) is 7.64. The monoisotopic (exact) mass is 782 g/mol. The Labute approximate surface area is 345 Å². The van der Waals surface area contributed by atoms with Crippen molar-refractivity contribution in [3.63, 3.8) is 0 Å². The number of hydrogen-bond donors (Lipinski definition) is 0. The van der Waals surface area contributed by atoms with Gasteiger partial charge < -0.3 is 4.74 Å². The summed E-state index contributed by atoms with van der Waals surface area (Å²) in [6.07, 6.45) is 4.98. The van der Waals surface area contributed by atoms with E-state index in [1.54, 1.807) is 7.11 Å². The standard InChI is InChI=1S/C27H29NOS.C25H21NS/c1-16-9-17(2)12-22(11-16)26-27-21(7-8-28-26)15-25(30-27)24-13-18(3)10-19(4)23(24)14-20(5)29-6;1-14-9-15(2)12-18(11-14)23-25-21(7-8-26-23)20-6-5-19-17(4)10-16(3)13-22(19)24(20)27-25/h7-13,15,20H,14H2,1-6H3;5-13H,1-4H3. The van der Waals surface area contributed by atoms with Crippen molar-refractivity contribution in [1.82, 2.24) is 9.97 Å². The number of aryl methyl sites for hydroxylation is 8. The van der Waals surface area contributed by atoms with Gasteiger partial charge in [-0.1, -0.05) is 75.8 Å². The van der Waals surface area contributed by atoms with Gasteiger partial charge in [0.1, 0.15) is 0 Å². The maximum Gasteiger partial charge on any atom is 0.0880 e. The molecule has 3 nitrogen and oxygen atoms in total. The van der Waals surface area contributed by atoms with Crippen LogP contribution in [0.25, 0.3) is 74.0 Å². The third-order valence-electron chi connectivity index (χ3n) is 11.0. The quantitative estimate of drug-likeness (QED) is 0.168. The molecule has 0 aliphatic rings. The molecular formula is C52H50N2OS2. The molecule has 4 aromatic heterocycles. The number of ether oxygens (including phenoxy) is 1. The highest BCUT2D eigenvalue weighted by Gasteiger charge is 2.18. The van der Waals surface area contributed by atoms with E-state index in [0.717, 1.165) is 17.8 Å². The molecule has 0 spiro atoms. The van der Waals surface area contributed by atoms with Gasteiger partial charge in [0.05, 0.1) is 26.9 Å². The molecule has 5 aromatic carbocycles. The Bertz CT molecular complexity index is 2940. The van der Waals surface area contributed by atoms with E-state index in [9.17, 15) is 0 Å². The van der Waals surface area contributed by atoms with Crippen molar-refractivity contribution >= 4 is 63.7 Å². The minimum atomic E-state index is 0.187. The number of rotatable bonds is 6. The van der Waals surface area contributed by atoms with E-state index in [0.29, 0.717) is 0 Å². The van der Waals surface area contributed by atoms with Crippen LogP contribution in [0, 0.1) is 55.4 Å². The average Bonchev–Trinajstić information content (AvgIpc) is 3.77. The van der Waals surface area contributed by atoms with Gasteiger partial charge in [-0.3, -0.25) is 9.97 Å². The Morgan fingerprint density at radius 3 is 1.70 bits per heavy atom. The number of thiophene rings is 2. The highest BCUT2D eigenvalue weighted by Crippen LogP contribution is 2.44. The molecule has 0 amide bonds. The summed E-state index contributed by atoms with van der Waals surface area (Å²) in [7, 11) is 1.79. The van der Waals surface area contributed by atoms with Crippen LogP contribution in [-0.2, 0) is 11.2 Å². The third-order valence-corrected chi connectivity index (χ3v) is 13.5. The summed E-state index contributed by atoms with van der Waals surface area (Å²) in [5, 5.41) is 6.60. The van der Waals surface area contributed by atoms with Gasteiger partial charge >= 0.3 is 0 Å². The Balaban J connectivity index is 0.000000160. The van der Waals surface area contributed by atoms with Gasteiger partial charge in [-0.2, -0.15) is 0 Å². The van der Waals surface area contributed by atoms with Crippen LogP contribution in [0.15, 0.2) is 103 Å². The number of nitrogens with zero attached hydrogens (tertiary/aromatic N) is 2. The first-order valence-electron chi connectivity index (χ1n) is 19.8. The number of benzene rings is 5. The fraction of sp³-hybridized carbons (Fsp3) is 0.231. The van der Waals surface area contributed by atoms with Crippen molar-refractivity contribution in [2.24, 2.45) is 0 Å². The number of aromatic nitrogens is 2. The van der Waals surface area contributed by atoms with Crippen LogP contribution in [0.3, 0.4) is 0 Å². The van der Waals surface area contributed by atoms with Gasteiger partial charge in [-0.05, 0) is 150 Å². The Hall–Kier alpha value is -5.20. The Morgan fingerprint density at radius 1 is 0.509 bits per heavy atom. The van der Waals surface area contributed by atoms with E-state index >= 15 is 0 Å². The molecule has 0 saturated carbocycles. The number of fused-ring (bicyclic) bond motifs is 6. The molecule has 0 fully saturated rings. The van der Waals surface area contributed by atoms with Crippen LogP contribution in [-0.4, -0.2) is 23.2 Å². The first kappa shape index (κ1) is 38.7. The molecule has 0 aliphatic heterocycles. The second-order valence-corrected chi connectivity index (χ2v) is 18.1. The van der Waals surface area contributed by atoms with E-state index in [1.807, 2.05) is 35.1 Å². The Morgan fingerprint density at radius 2 is 1.05 bits per heavy atom. The largest absolute Gasteiger partial charge is 0.381 e. The number of methoxy groups -OCH3 is 1. The van der Waals surface area contributed by atoms with Crippen molar-refractivity contribution in [3.05, 3.63) is 153 Å². The van der Waals surface area contributed by atoms with Gasteiger partial charge in [0, 0.05) is 56.4 Å². The SMILES string of the molecule is COC(C)Cc1c(C)cc(C)cc1-c1cc2ccnc(-c3cc(C)cc(C)c3)c2s1.Cc1cc(C)cc(-c2nccc3c2sc2c4cc(C)cc(C)c4ccc32)c1. The van der Waals surface area contributed by atoms with Gasteiger partial charge in [0.15, 0.2) is 0 Å². The van der Waals surface area contributed by atoms with E-state index in [-0.39, 0.29) is 6.10 Å². The zero-order valence-electron chi connectivity index (χ0n) is 34.7. The molecule has 0 N–H and O–H groups in total. The first-order chi connectivity index (χ1) is 27.4. The summed E-state index contributed by atoms with van der Waals surface area (Å²) >= 11 is 3.73. The fourth-order valence-corrected chi connectivity index (χ4v) is 11.1. The van der Waals surface area contributed by atoms with Crippen LogP contribution in [0.5, 0.6) is 0 Å². The summed E-state index contributed by atoms with van der Waals surface area (Å²) in [4.78, 5) is 10.9. The topological polar surface area (TPSA) is 35.0 Å². The molecule has 1 atom stereocenters. The highest BCUT2D eigenvalue weighted by molar-refractivity contribution is 7.27. The van der Waals surface area contributed by atoms with E-state index in [1.165, 1.54) is 113 Å². The molecule has 9 aromatic rings. The van der Waals surface area contributed by atoms with Crippen molar-refractivity contribution < 1.29 is 4.74 Å². The van der Waals surface area contributed by atoms with Crippen LogP contribution in [0.2, 0.25) is 0 Å². The Kier molecular flexibility index (Phi) is 10.6. The lowest BCUT2D eigenvalue weighted by molar-refractivity contribution is 0.119. The van der Waals surface area contributed by atoms with Crippen LogP contribution < -0.4 is 0 Å². The highest BCUT2D eigenvalue weighted by atomic mass is 32.1.